The molecule has 0 radical (unpaired) electrons. The fourth-order valence-corrected chi connectivity index (χ4v) is 5.41. The van der Waals surface area contributed by atoms with E-state index in [0.717, 1.165) is 16.7 Å². The van der Waals surface area contributed by atoms with Gasteiger partial charge in [0.15, 0.2) is 11.5 Å². The van der Waals surface area contributed by atoms with Crippen LogP contribution in [0.5, 0.6) is 23.0 Å². The van der Waals surface area contributed by atoms with Crippen LogP contribution in [0.2, 0.25) is 0 Å². The number of hydrogen-bond acceptors (Lipinski definition) is 5. The number of hydrogen-bond donors (Lipinski definition) is 1. The van der Waals surface area contributed by atoms with Crippen molar-refractivity contribution in [1.29, 1.82) is 0 Å². The van der Waals surface area contributed by atoms with Crippen molar-refractivity contribution in [1.82, 2.24) is 4.31 Å². The number of aryl methyl sites for hydroxylation is 3. The molecule has 0 bridgehead atoms. The lowest BCUT2D eigenvalue weighted by molar-refractivity contribution is 0.102. The molecule has 7 nitrogen and oxygen atoms in total. The highest BCUT2D eigenvalue weighted by Crippen LogP contribution is 2.42. The van der Waals surface area contributed by atoms with Crippen molar-refractivity contribution in [3.63, 3.8) is 0 Å². The van der Waals surface area contributed by atoms with Crippen molar-refractivity contribution in [2.75, 3.05) is 18.4 Å². The molecule has 4 rings (SSSR count). The summed E-state index contributed by atoms with van der Waals surface area (Å²) in [6.07, 6.45) is 0. The number of benzene rings is 3. The van der Waals surface area contributed by atoms with Gasteiger partial charge in [0.25, 0.3) is 5.91 Å². The predicted molar refractivity (Wildman–Crippen MR) is 132 cm³/mol. The van der Waals surface area contributed by atoms with E-state index in [0.29, 0.717) is 17.2 Å². The molecule has 8 heteroatoms. The summed E-state index contributed by atoms with van der Waals surface area (Å²) < 4.78 is 40.6. The maximum atomic E-state index is 13.5. The topological polar surface area (TPSA) is 84.9 Å². The molecule has 0 atom stereocenters. The van der Waals surface area contributed by atoms with Crippen molar-refractivity contribution in [2.24, 2.45) is 0 Å². The Morgan fingerprint density at radius 3 is 2.32 bits per heavy atom. The summed E-state index contributed by atoms with van der Waals surface area (Å²) in [5.74, 6) is 0.824. The van der Waals surface area contributed by atoms with Crippen molar-refractivity contribution in [3.8, 4) is 23.0 Å². The lowest BCUT2D eigenvalue weighted by atomic mass is 10.1. The van der Waals surface area contributed by atoms with Gasteiger partial charge in [-0.25, -0.2) is 8.42 Å². The minimum absolute atomic E-state index is 0.0888. The Balaban J connectivity index is 1.90. The Morgan fingerprint density at radius 1 is 0.912 bits per heavy atom. The van der Waals surface area contributed by atoms with Crippen molar-refractivity contribution in [3.05, 3.63) is 70.8 Å². The van der Waals surface area contributed by atoms with E-state index in [9.17, 15) is 13.2 Å². The molecular weight excluding hydrogens is 452 g/mol. The Kier molecular flexibility index (Phi) is 6.38. The van der Waals surface area contributed by atoms with Gasteiger partial charge in [0, 0.05) is 19.2 Å². The van der Waals surface area contributed by atoms with E-state index in [-0.39, 0.29) is 35.0 Å². The van der Waals surface area contributed by atoms with Gasteiger partial charge in [-0.2, -0.15) is 4.31 Å². The van der Waals surface area contributed by atoms with Crippen molar-refractivity contribution >= 4 is 21.6 Å². The summed E-state index contributed by atoms with van der Waals surface area (Å²) in [6.45, 7) is 9.96. The van der Waals surface area contributed by atoms with Gasteiger partial charge in [-0.1, -0.05) is 26.0 Å². The smallest absolute Gasteiger partial charge is 0.259 e. The van der Waals surface area contributed by atoms with Crippen molar-refractivity contribution in [2.45, 2.75) is 39.5 Å². The first-order valence-corrected chi connectivity index (χ1v) is 12.6. The van der Waals surface area contributed by atoms with E-state index in [1.54, 1.807) is 32.0 Å². The Morgan fingerprint density at radius 2 is 1.65 bits per heavy atom. The van der Waals surface area contributed by atoms with Crippen LogP contribution in [0.15, 0.2) is 53.4 Å². The second-order valence-electron chi connectivity index (χ2n) is 8.29. The van der Waals surface area contributed by atoms with Gasteiger partial charge in [-0.05, 0) is 67.8 Å². The molecule has 0 aromatic heterocycles. The largest absolute Gasteiger partial charge is 0.456 e. The average molecular weight is 481 g/mol. The van der Waals surface area contributed by atoms with E-state index in [1.165, 1.54) is 16.4 Å². The summed E-state index contributed by atoms with van der Waals surface area (Å²) in [7, 11) is -3.94. The van der Waals surface area contributed by atoms with Crippen molar-refractivity contribution < 1.29 is 22.7 Å². The molecule has 34 heavy (non-hydrogen) atoms. The lowest BCUT2D eigenvalue weighted by Crippen LogP contribution is -2.31. The summed E-state index contributed by atoms with van der Waals surface area (Å²) in [5.41, 5.74) is 3.70. The summed E-state index contributed by atoms with van der Waals surface area (Å²) in [4.78, 5) is 13.0. The van der Waals surface area contributed by atoms with Crippen LogP contribution in [0.4, 0.5) is 5.69 Å². The molecule has 0 saturated carbocycles. The van der Waals surface area contributed by atoms with Crippen LogP contribution < -0.4 is 14.8 Å². The molecule has 3 aromatic rings. The number of carbonyl (C=O) groups excluding carboxylic acids is 1. The fraction of sp³-hybridized carbons (Fsp3) is 0.269. The number of ether oxygens (including phenoxy) is 2. The molecule has 3 aromatic carbocycles. The van der Waals surface area contributed by atoms with Crippen LogP contribution >= 0.6 is 0 Å². The van der Waals surface area contributed by atoms with Gasteiger partial charge < -0.3 is 14.8 Å². The highest BCUT2D eigenvalue weighted by atomic mass is 32.2. The van der Waals surface area contributed by atoms with Crippen LogP contribution in [0.3, 0.4) is 0 Å². The molecule has 0 aliphatic carbocycles. The van der Waals surface area contributed by atoms with Crippen LogP contribution in [0.25, 0.3) is 0 Å². The monoisotopic (exact) mass is 480 g/mol. The van der Waals surface area contributed by atoms with Gasteiger partial charge in [-0.3, -0.25) is 4.79 Å². The zero-order chi connectivity index (χ0) is 24.6. The SMILES string of the molecule is CCN(CC)S(=O)(=O)c1cc2c(cc1Oc1ccc(C)c(C)c1)Oc1ccc(C)cc1NC2=O. The molecule has 1 aliphatic heterocycles. The lowest BCUT2D eigenvalue weighted by Gasteiger charge is -2.22. The number of carbonyl (C=O) groups is 1. The molecular formula is C26H28N2O5S. The molecule has 0 fully saturated rings. The maximum absolute atomic E-state index is 13.5. The second-order valence-corrected chi connectivity index (χ2v) is 10.2. The van der Waals surface area contributed by atoms with Crippen LogP contribution in [0, 0.1) is 20.8 Å². The van der Waals surface area contributed by atoms with E-state index in [2.05, 4.69) is 5.32 Å². The average Bonchev–Trinajstić information content (AvgIpc) is 2.91. The molecule has 0 unspecified atom stereocenters. The molecule has 1 aliphatic rings. The minimum Gasteiger partial charge on any atom is -0.456 e. The fourth-order valence-electron chi connectivity index (χ4n) is 3.83. The molecule has 0 saturated heterocycles. The van der Waals surface area contributed by atoms with Gasteiger partial charge in [-0.15, -0.1) is 0 Å². The molecule has 1 amide bonds. The summed E-state index contributed by atoms with van der Waals surface area (Å²) in [6, 6.07) is 13.8. The minimum atomic E-state index is -3.94. The summed E-state index contributed by atoms with van der Waals surface area (Å²) >= 11 is 0. The first-order valence-electron chi connectivity index (χ1n) is 11.2. The normalized spacial score (nSPS) is 12.9. The third kappa shape index (κ3) is 4.38. The third-order valence-corrected chi connectivity index (χ3v) is 7.99. The number of sulfonamides is 1. The first kappa shape index (κ1) is 23.8. The zero-order valence-electron chi connectivity index (χ0n) is 19.9. The number of anilines is 1. The van der Waals surface area contributed by atoms with Crippen LogP contribution in [-0.4, -0.2) is 31.7 Å². The van der Waals surface area contributed by atoms with Gasteiger partial charge in [0.05, 0.1) is 11.3 Å². The Hall–Kier alpha value is -3.36. The number of fused-ring (bicyclic) bond motifs is 2. The van der Waals surface area contributed by atoms with E-state index in [4.69, 9.17) is 9.47 Å². The van der Waals surface area contributed by atoms with Crippen LogP contribution in [0.1, 0.15) is 40.9 Å². The van der Waals surface area contributed by atoms with E-state index in [1.807, 2.05) is 39.0 Å². The summed E-state index contributed by atoms with van der Waals surface area (Å²) in [5, 5.41) is 2.82. The van der Waals surface area contributed by atoms with Gasteiger partial charge >= 0.3 is 0 Å². The Bertz CT molecular complexity index is 1380. The quantitative estimate of drug-likeness (QED) is 0.482. The standard InChI is InChI=1S/C26H28N2O5S/c1-6-28(7-2)34(30,31)25-14-20-23(15-24(25)32-19-10-9-17(4)18(5)13-19)33-22-11-8-16(3)12-21(22)27-26(20)29/h8-15H,6-7H2,1-5H3,(H,27,29). The number of amides is 1. The zero-order valence-corrected chi connectivity index (χ0v) is 20.7. The first-order chi connectivity index (χ1) is 16.1. The van der Waals surface area contributed by atoms with Gasteiger partial charge in [0.1, 0.15) is 16.4 Å². The molecule has 178 valence electrons. The molecule has 1 heterocycles. The van der Waals surface area contributed by atoms with E-state index >= 15 is 0 Å². The second kappa shape index (κ2) is 9.12. The molecule has 0 spiro atoms. The highest BCUT2D eigenvalue weighted by molar-refractivity contribution is 7.89. The Labute approximate surface area is 200 Å². The predicted octanol–water partition coefficient (Wildman–Crippen LogP) is 5.79. The maximum Gasteiger partial charge on any atom is 0.259 e. The third-order valence-electron chi connectivity index (χ3n) is 5.92. The number of nitrogens with one attached hydrogen (secondary N) is 1. The van der Waals surface area contributed by atoms with Crippen LogP contribution in [-0.2, 0) is 10.0 Å². The number of rotatable bonds is 6. The van der Waals surface area contributed by atoms with Gasteiger partial charge in [0.2, 0.25) is 10.0 Å². The molecule has 1 N–H and O–H groups in total. The number of nitrogens with zero attached hydrogens (tertiary/aromatic N) is 1. The van der Waals surface area contributed by atoms with E-state index < -0.39 is 15.9 Å². The highest BCUT2D eigenvalue weighted by Gasteiger charge is 2.31.